The second kappa shape index (κ2) is 10.6. The van der Waals surface area contributed by atoms with Crippen molar-refractivity contribution in [1.82, 2.24) is 4.90 Å². The maximum atomic E-state index is 6.16. The van der Waals surface area contributed by atoms with Gasteiger partial charge in [0.2, 0.25) is 0 Å². The molecule has 27 heavy (non-hydrogen) atoms. The Bertz CT molecular complexity index is 725. The number of nitrogens with zero attached hydrogens (tertiary/aromatic N) is 2. The Morgan fingerprint density at radius 1 is 1.11 bits per heavy atom. The molecule has 0 amide bonds. The van der Waals surface area contributed by atoms with E-state index in [-0.39, 0.29) is 30.0 Å². The lowest BCUT2D eigenvalue weighted by molar-refractivity contribution is 0.0180. The number of aliphatic imine (C=N–C) groups is 1. The largest absolute Gasteiger partial charge is 0.379 e. The highest BCUT2D eigenvalue weighted by Crippen LogP contribution is 2.22. The third kappa shape index (κ3) is 6.48. The quantitative estimate of drug-likeness (QED) is 0.389. The molecule has 3 rings (SSSR count). The molecular weight excluding hydrogens is 451 g/mol. The SMILES string of the molecule is Cc1cc(C)cc(NC(N)=NCC(c2ccccc2)N2CCOCC2)c1.I. The van der Waals surface area contributed by atoms with Crippen LogP contribution in [0.2, 0.25) is 0 Å². The van der Waals surface area contributed by atoms with Crippen LogP contribution in [-0.4, -0.2) is 43.7 Å². The van der Waals surface area contributed by atoms with Crippen molar-refractivity contribution in [1.29, 1.82) is 0 Å². The third-order valence-corrected chi connectivity index (χ3v) is 4.60. The zero-order valence-electron chi connectivity index (χ0n) is 16.0. The number of morpholine rings is 1. The van der Waals surface area contributed by atoms with Gasteiger partial charge in [0.15, 0.2) is 5.96 Å². The molecule has 3 N–H and O–H groups in total. The van der Waals surface area contributed by atoms with Crippen LogP contribution < -0.4 is 11.1 Å². The van der Waals surface area contributed by atoms with Gasteiger partial charge in [-0.1, -0.05) is 36.4 Å². The Morgan fingerprint density at radius 2 is 1.74 bits per heavy atom. The lowest BCUT2D eigenvalue weighted by Crippen LogP contribution is -2.40. The van der Waals surface area contributed by atoms with Gasteiger partial charge in [-0.3, -0.25) is 9.89 Å². The van der Waals surface area contributed by atoms with E-state index in [9.17, 15) is 0 Å². The molecule has 0 bridgehead atoms. The van der Waals surface area contributed by atoms with Crippen LogP contribution in [0, 0.1) is 13.8 Å². The van der Waals surface area contributed by atoms with E-state index >= 15 is 0 Å². The van der Waals surface area contributed by atoms with Crippen molar-refractivity contribution >= 4 is 35.6 Å². The molecule has 0 aromatic heterocycles. The van der Waals surface area contributed by atoms with E-state index in [0.29, 0.717) is 12.5 Å². The van der Waals surface area contributed by atoms with Crippen LogP contribution in [0.4, 0.5) is 5.69 Å². The topological polar surface area (TPSA) is 62.9 Å². The number of rotatable bonds is 5. The Hall–Kier alpha value is -1.64. The van der Waals surface area contributed by atoms with Gasteiger partial charge in [-0.25, -0.2) is 0 Å². The summed E-state index contributed by atoms with van der Waals surface area (Å²) >= 11 is 0. The molecule has 146 valence electrons. The van der Waals surface area contributed by atoms with Crippen LogP contribution in [0.1, 0.15) is 22.7 Å². The van der Waals surface area contributed by atoms with Crippen molar-refractivity contribution in [2.24, 2.45) is 10.7 Å². The molecule has 5 nitrogen and oxygen atoms in total. The van der Waals surface area contributed by atoms with E-state index in [1.54, 1.807) is 0 Å². The lowest BCUT2D eigenvalue weighted by atomic mass is 10.1. The summed E-state index contributed by atoms with van der Waals surface area (Å²) in [6.45, 7) is 8.14. The Labute approximate surface area is 179 Å². The maximum absolute atomic E-state index is 6.16. The van der Waals surface area contributed by atoms with Gasteiger partial charge in [0, 0.05) is 18.8 Å². The molecular formula is C21H29IN4O. The number of nitrogens with two attached hydrogens (primary N) is 1. The number of halogens is 1. The fraction of sp³-hybridized carbons (Fsp3) is 0.381. The highest BCUT2D eigenvalue weighted by Gasteiger charge is 2.22. The summed E-state index contributed by atoms with van der Waals surface area (Å²) in [5.74, 6) is 0.448. The highest BCUT2D eigenvalue weighted by molar-refractivity contribution is 14.0. The van der Waals surface area contributed by atoms with Gasteiger partial charge < -0.3 is 15.8 Å². The van der Waals surface area contributed by atoms with Gasteiger partial charge in [0.1, 0.15) is 0 Å². The molecule has 1 unspecified atom stereocenters. The average molecular weight is 480 g/mol. The van der Waals surface area contributed by atoms with E-state index in [1.807, 2.05) is 6.07 Å². The summed E-state index contributed by atoms with van der Waals surface area (Å²) in [7, 11) is 0. The molecule has 2 aromatic carbocycles. The van der Waals surface area contributed by atoms with Crippen molar-refractivity contribution in [2.45, 2.75) is 19.9 Å². The standard InChI is InChI=1S/C21H28N4O.HI/c1-16-12-17(2)14-19(13-16)24-21(22)23-15-20(18-6-4-3-5-7-18)25-8-10-26-11-9-25;/h3-7,12-14,20H,8-11,15H2,1-2H3,(H3,22,23,24);1H. The molecule has 0 saturated carbocycles. The van der Waals surface area contributed by atoms with Gasteiger partial charge in [0.25, 0.3) is 0 Å². The molecule has 0 radical (unpaired) electrons. The van der Waals surface area contributed by atoms with Gasteiger partial charge in [-0.15, -0.1) is 24.0 Å². The predicted molar refractivity (Wildman–Crippen MR) is 123 cm³/mol. The predicted octanol–water partition coefficient (Wildman–Crippen LogP) is 3.72. The highest BCUT2D eigenvalue weighted by atomic mass is 127. The molecule has 0 spiro atoms. The van der Waals surface area contributed by atoms with Crippen molar-refractivity contribution in [3.8, 4) is 0 Å². The fourth-order valence-corrected chi connectivity index (χ4v) is 3.42. The monoisotopic (exact) mass is 480 g/mol. The normalized spacial score (nSPS) is 16.4. The van der Waals surface area contributed by atoms with E-state index in [1.165, 1.54) is 16.7 Å². The second-order valence-corrected chi connectivity index (χ2v) is 6.80. The zero-order valence-corrected chi connectivity index (χ0v) is 18.4. The molecule has 1 atom stereocenters. The van der Waals surface area contributed by atoms with Gasteiger partial charge >= 0.3 is 0 Å². The Kier molecular flexibility index (Phi) is 8.53. The molecule has 1 aliphatic heterocycles. The first-order valence-electron chi connectivity index (χ1n) is 9.14. The summed E-state index contributed by atoms with van der Waals surface area (Å²) in [5, 5.41) is 3.22. The maximum Gasteiger partial charge on any atom is 0.193 e. The lowest BCUT2D eigenvalue weighted by Gasteiger charge is -2.34. The number of hydrogen-bond donors (Lipinski definition) is 2. The number of ether oxygens (including phenoxy) is 1. The van der Waals surface area contributed by atoms with Crippen molar-refractivity contribution in [2.75, 3.05) is 38.2 Å². The molecule has 1 heterocycles. The van der Waals surface area contributed by atoms with Gasteiger partial charge in [0.05, 0.1) is 25.8 Å². The van der Waals surface area contributed by atoms with Crippen molar-refractivity contribution in [3.63, 3.8) is 0 Å². The van der Waals surface area contributed by atoms with E-state index in [0.717, 1.165) is 32.0 Å². The van der Waals surface area contributed by atoms with E-state index in [2.05, 4.69) is 71.5 Å². The number of benzene rings is 2. The van der Waals surface area contributed by atoms with Crippen LogP contribution in [-0.2, 0) is 4.74 Å². The van der Waals surface area contributed by atoms with Crippen LogP contribution in [0.15, 0.2) is 53.5 Å². The van der Waals surface area contributed by atoms with Crippen LogP contribution >= 0.6 is 24.0 Å². The third-order valence-electron chi connectivity index (χ3n) is 4.60. The number of hydrogen-bond acceptors (Lipinski definition) is 3. The van der Waals surface area contributed by atoms with Crippen LogP contribution in [0.3, 0.4) is 0 Å². The second-order valence-electron chi connectivity index (χ2n) is 6.80. The summed E-state index contributed by atoms with van der Waals surface area (Å²) in [6.07, 6.45) is 0. The zero-order chi connectivity index (χ0) is 18.4. The summed E-state index contributed by atoms with van der Waals surface area (Å²) in [4.78, 5) is 7.05. The number of anilines is 1. The summed E-state index contributed by atoms with van der Waals surface area (Å²) < 4.78 is 5.50. The molecule has 1 saturated heterocycles. The number of nitrogens with one attached hydrogen (secondary N) is 1. The first kappa shape index (κ1) is 21.7. The minimum absolute atomic E-state index is 0. The first-order chi connectivity index (χ1) is 12.6. The Balaban J connectivity index is 0.00000261. The molecule has 0 aliphatic carbocycles. The average Bonchev–Trinajstić information content (AvgIpc) is 2.63. The Morgan fingerprint density at radius 3 is 2.37 bits per heavy atom. The molecule has 6 heteroatoms. The van der Waals surface area contributed by atoms with E-state index in [4.69, 9.17) is 10.5 Å². The van der Waals surface area contributed by atoms with Crippen molar-refractivity contribution < 1.29 is 4.74 Å². The molecule has 1 aliphatic rings. The van der Waals surface area contributed by atoms with Gasteiger partial charge in [-0.05, 0) is 42.7 Å². The fourth-order valence-electron chi connectivity index (χ4n) is 3.42. The van der Waals surface area contributed by atoms with E-state index < -0.39 is 0 Å². The minimum atomic E-state index is 0. The minimum Gasteiger partial charge on any atom is -0.379 e. The van der Waals surface area contributed by atoms with Gasteiger partial charge in [-0.2, -0.15) is 0 Å². The summed E-state index contributed by atoms with van der Waals surface area (Å²) in [5.41, 5.74) is 10.8. The first-order valence-corrected chi connectivity index (χ1v) is 9.14. The smallest absolute Gasteiger partial charge is 0.193 e. The number of guanidine groups is 1. The molecule has 2 aromatic rings. The van der Waals surface area contributed by atoms with Crippen LogP contribution in [0.25, 0.3) is 0 Å². The summed E-state index contributed by atoms with van der Waals surface area (Å²) in [6, 6.07) is 17.0. The molecule has 1 fully saturated rings. The van der Waals surface area contributed by atoms with Crippen molar-refractivity contribution in [3.05, 3.63) is 65.2 Å². The number of aryl methyl sites for hydroxylation is 2. The van der Waals surface area contributed by atoms with Crippen LogP contribution in [0.5, 0.6) is 0 Å².